The van der Waals surface area contributed by atoms with E-state index in [0.717, 1.165) is 0 Å². The van der Waals surface area contributed by atoms with Gasteiger partial charge in [0.1, 0.15) is 5.69 Å². The van der Waals surface area contributed by atoms with E-state index in [-0.39, 0.29) is 5.56 Å². The van der Waals surface area contributed by atoms with Crippen molar-refractivity contribution in [3.63, 3.8) is 0 Å². The lowest BCUT2D eigenvalue weighted by atomic mass is 10.2. The molecule has 0 saturated heterocycles. The number of hydrogen-bond acceptors (Lipinski definition) is 2. The fraction of sp³-hybridized carbons (Fsp3) is 0.250. The van der Waals surface area contributed by atoms with Gasteiger partial charge >= 0.3 is 0 Å². The Morgan fingerprint density at radius 3 is 3.00 bits per heavy atom. The molecule has 0 fully saturated rings. The standard InChI is InChI=1S/C8H8N2O/c1-3-6-7(4-2)9-5-10-8(6)11/h2,5H,3H2,1H3,(H,9,10,11). The second kappa shape index (κ2) is 3.02. The first-order chi connectivity index (χ1) is 5.29. The Morgan fingerprint density at radius 1 is 1.82 bits per heavy atom. The highest BCUT2D eigenvalue weighted by atomic mass is 16.1. The minimum Gasteiger partial charge on any atom is -0.313 e. The van der Waals surface area contributed by atoms with Crippen LogP contribution in [0.4, 0.5) is 0 Å². The summed E-state index contributed by atoms with van der Waals surface area (Å²) >= 11 is 0. The van der Waals surface area contributed by atoms with Crippen molar-refractivity contribution in [1.82, 2.24) is 9.97 Å². The number of rotatable bonds is 1. The van der Waals surface area contributed by atoms with Crippen LogP contribution in [0.5, 0.6) is 0 Å². The van der Waals surface area contributed by atoms with Gasteiger partial charge in [-0.25, -0.2) is 4.98 Å². The molecule has 1 heterocycles. The summed E-state index contributed by atoms with van der Waals surface area (Å²) < 4.78 is 0. The minimum atomic E-state index is -0.143. The Morgan fingerprint density at radius 2 is 2.55 bits per heavy atom. The molecule has 1 aromatic rings. The van der Waals surface area contributed by atoms with Crippen molar-refractivity contribution >= 4 is 0 Å². The van der Waals surface area contributed by atoms with Crippen molar-refractivity contribution in [2.75, 3.05) is 0 Å². The van der Waals surface area contributed by atoms with E-state index in [9.17, 15) is 4.79 Å². The fourth-order valence-corrected chi connectivity index (χ4v) is 0.880. The van der Waals surface area contributed by atoms with Crippen molar-refractivity contribution in [2.24, 2.45) is 0 Å². The largest absolute Gasteiger partial charge is 0.313 e. The Balaban J connectivity index is 3.39. The van der Waals surface area contributed by atoms with Crippen LogP contribution in [0.25, 0.3) is 0 Å². The molecule has 11 heavy (non-hydrogen) atoms. The van der Waals surface area contributed by atoms with Gasteiger partial charge in [0.25, 0.3) is 5.56 Å². The first-order valence-corrected chi connectivity index (χ1v) is 3.32. The van der Waals surface area contributed by atoms with E-state index in [1.54, 1.807) is 0 Å². The molecule has 3 heteroatoms. The predicted molar refractivity (Wildman–Crippen MR) is 42.2 cm³/mol. The Labute approximate surface area is 64.5 Å². The van der Waals surface area contributed by atoms with Crippen LogP contribution >= 0.6 is 0 Å². The van der Waals surface area contributed by atoms with Crippen LogP contribution in [0, 0.1) is 12.3 Å². The highest BCUT2D eigenvalue weighted by molar-refractivity contribution is 5.31. The lowest BCUT2D eigenvalue weighted by Gasteiger charge is -1.95. The summed E-state index contributed by atoms with van der Waals surface area (Å²) in [6.45, 7) is 1.87. The van der Waals surface area contributed by atoms with Gasteiger partial charge in [0.05, 0.1) is 11.9 Å². The quantitative estimate of drug-likeness (QED) is 0.583. The molecule has 1 aromatic heterocycles. The van der Waals surface area contributed by atoms with Crippen LogP contribution in [-0.4, -0.2) is 9.97 Å². The third kappa shape index (κ3) is 1.30. The maximum absolute atomic E-state index is 11.0. The van der Waals surface area contributed by atoms with Crippen LogP contribution in [0.15, 0.2) is 11.1 Å². The predicted octanol–water partition coefficient (Wildman–Crippen LogP) is 0.314. The topological polar surface area (TPSA) is 45.8 Å². The zero-order chi connectivity index (χ0) is 8.27. The van der Waals surface area contributed by atoms with Crippen molar-refractivity contribution in [1.29, 1.82) is 0 Å². The molecule has 1 rings (SSSR count). The average molecular weight is 148 g/mol. The van der Waals surface area contributed by atoms with Gasteiger partial charge in [0.15, 0.2) is 0 Å². The van der Waals surface area contributed by atoms with Crippen molar-refractivity contribution in [3.8, 4) is 12.3 Å². The molecule has 0 amide bonds. The summed E-state index contributed by atoms with van der Waals surface area (Å²) in [5.41, 5.74) is 0.877. The third-order valence-corrected chi connectivity index (χ3v) is 1.44. The van der Waals surface area contributed by atoms with E-state index >= 15 is 0 Å². The van der Waals surface area contributed by atoms with Crippen LogP contribution in [0.3, 0.4) is 0 Å². The van der Waals surface area contributed by atoms with Crippen molar-refractivity contribution < 1.29 is 0 Å². The van der Waals surface area contributed by atoms with E-state index in [1.165, 1.54) is 6.33 Å². The van der Waals surface area contributed by atoms with Gasteiger partial charge < -0.3 is 4.98 Å². The zero-order valence-corrected chi connectivity index (χ0v) is 6.22. The molecule has 0 aliphatic carbocycles. The third-order valence-electron chi connectivity index (χ3n) is 1.44. The smallest absolute Gasteiger partial charge is 0.255 e. The van der Waals surface area contributed by atoms with E-state index in [0.29, 0.717) is 17.7 Å². The summed E-state index contributed by atoms with van der Waals surface area (Å²) in [7, 11) is 0. The van der Waals surface area contributed by atoms with Gasteiger partial charge in [-0.2, -0.15) is 0 Å². The molecule has 56 valence electrons. The summed E-state index contributed by atoms with van der Waals surface area (Å²) in [4.78, 5) is 17.3. The van der Waals surface area contributed by atoms with Gasteiger partial charge in [-0.3, -0.25) is 4.79 Å². The van der Waals surface area contributed by atoms with E-state index in [1.807, 2.05) is 6.92 Å². The van der Waals surface area contributed by atoms with Crippen LogP contribution in [0.1, 0.15) is 18.2 Å². The minimum absolute atomic E-state index is 0.143. The summed E-state index contributed by atoms with van der Waals surface area (Å²) in [6.07, 6.45) is 7.06. The molecule has 0 spiro atoms. The first kappa shape index (κ1) is 7.55. The summed E-state index contributed by atoms with van der Waals surface area (Å²) in [6, 6.07) is 0. The van der Waals surface area contributed by atoms with Gasteiger partial charge in [0.2, 0.25) is 0 Å². The number of aromatic nitrogens is 2. The summed E-state index contributed by atoms with van der Waals surface area (Å²) in [5.74, 6) is 2.36. The average Bonchev–Trinajstić information content (AvgIpc) is 2.04. The SMILES string of the molecule is C#Cc1nc[nH]c(=O)c1CC. The Hall–Kier alpha value is -1.56. The van der Waals surface area contributed by atoms with Gasteiger partial charge in [0, 0.05) is 0 Å². The number of nitrogens with zero attached hydrogens (tertiary/aromatic N) is 1. The number of aromatic amines is 1. The van der Waals surface area contributed by atoms with E-state index in [4.69, 9.17) is 6.42 Å². The normalized spacial score (nSPS) is 9.09. The maximum Gasteiger partial charge on any atom is 0.255 e. The van der Waals surface area contributed by atoms with Crippen LogP contribution in [-0.2, 0) is 6.42 Å². The molecule has 0 unspecified atom stereocenters. The Kier molecular flexibility index (Phi) is 2.07. The molecule has 0 saturated carbocycles. The highest BCUT2D eigenvalue weighted by Crippen LogP contribution is 1.95. The molecule has 0 radical (unpaired) electrons. The second-order valence-corrected chi connectivity index (χ2v) is 2.06. The Bertz CT molecular complexity index is 346. The fourth-order valence-electron chi connectivity index (χ4n) is 0.880. The number of terminal acetylenes is 1. The van der Waals surface area contributed by atoms with Gasteiger partial charge in [-0.1, -0.05) is 6.92 Å². The molecule has 0 bridgehead atoms. The molecule has 0 atom stereocenters. The molecule has 0 aliphatic rings. The number of hydrogen-bond donors (Lipinski definition) is 1. The van der Waals surface area contributed by atoms with Crippen molar-refractivity contribution in [2.45, 2.75) is 13.3 Å². The summed E-state index contributed by atoms with van der Waals surface area (Å²) in [5, 5.41) is 0. The van der Waals surface area contributed by atoms with Gasteiger partial charge in [-0.15, -0.1) is 6.42 Å². The van der Waals surface area contributed by atoms with Crippen molar-refractivity contribution in [3.05, 3.63) is 27.9 Å². The van der Waals surface area contributed by atoms with E-state index in [2.05, 4.69) is 15.9 Å². The van der Waals surface area contributed by atoms with Crippen LogP contribution in [0.2, 0.25) is 0 Å². The van der Waals surface area contributed by atoms with Crippen LogP contribution < -0.4 is 5.56 Å². The second-order valence-electron chi connectivity index (χ2n) is 2.06. The lowest BCUT2D eigenvalue weighted by molar-refractivity contribution is 0.989. The molecule has 1 N–H and O–H groups in total. The molecular weight excluding hydrogens is 140 g/mol. The number of H-pyrrole nitrogens is 1. The van der Waals surface area contributed by atoms with E-state index < -0.39 is 0 Å². The molecule has 3 nitrogen and oxygen atoms in total. The maximum atomic E-state index is 11.0. The highest BCUT2D eigenvalue weighted by Gasteiger charge is 2.01. The first-order valence-electron chi connectivity index (χ1n) is 3.32. The monoisotopic (exact) mass is 148 g/mol. The molecule has 0 aromatic carbocycles. The van der Waals surface area contributed by atoms with Gasteiger partial charge in [-0.05, 0) is 12.3 Å². The zero-order valence-electron chi connectivity index (χ0n) is 6.22. The number of nitrogens with one attached hydrogen (secondary N) is 1. The molecule has 0 aliphatic heterocycles. The molecular formula is C8H8N2O. The lowest BCUT2D eigenvalue weighted by Crippen LogP contribution is -2.14.